The Balaban J connectivity index is 2.28. The highest BCUT2D eigenvalue weighted by molar-refractivity contribution is 9.10. The number of hydrogen-bond donors (Lipinski definition) is 1. The van der Waals surface area contributed by atoms with Crippen molar-refractivity contribution in [3.63, 3.8) is 0 Å². The largest absolute Gasteiger partial charge is 0.377 e. The Bertz CT molecular complexity index is 325. The minimum Gasteiger partial charge on any atom is -0.377 e. The van der Waals surface area contributed by atoms with Gasteiger partial charge >= 0.3 is 0 Å². The van der Waals surface area contributed by atoms with Crippen molar-refractivity contribution in [3.05, 3.63) is 20.8 Å². The highest BCUT2D eigenvalue weighted by Gasteiger charge is 2.10. The van der Waals surface area contributed by atoms with E-state index >= 15 is 0 Å². The molecule has 1 amide bonds. The third-order valence-electron chi connectivity index (χ3n) is 1.66. The molecule has 0 atom stereocenters. The zero-order chi connectivity index (χ0) is 11.3. The van der Waals surface area contributed by atoms with Gasteiger partial charge in [-0.2, -0.15) is 0 Å². The summed E-state index contributed by atoms with van der Waals surface area (Å²) in [5.41, 5.74) is 0. The van der Waals surface area contributed by atoms with E-state index in [4.69, 9.17) is 4.74 Å². The van der Waals surface area contributed by atoms with Crippen LogP contribution in [0.1, 0.15) is 23.5 Å². The fourth-order valence-electron chi connectivity index (χ4n) is 0.995. The minimum absolute atomic E-state index is 0.0516. The number of nitrogens with one attached hydrogen (secondary N) is 1. The quantitative estimate of drug-likeness (QED) is 0.847. The lowest BCUT2D eigenvalue weighted by Gasteiger charge is -2.08. The Morgan fingerprint density at radius 1 is 1.67 bits per heavy atom. The molecule has 0 unspecified atom stereocenters. The molecule has 0 aromatic carbocycles. The first-order valence-electron chi connectivity index (χ1n) is 4.74. The first kappa shape index (κ1) is 12.7. The second-order valence-electron chi connectivity index (χ2n) is 3.27. The van der Waals surface area contributed by atoms with Crippen LogP contribution in [-0.2, 0) is 4.74 Å². The van der Waals surface area contributed by atoms with Gasteiger partial charge in [-0.05, 0) is 41.2 Å². The van der Waals surface area contributed by atoms with Gasteiger partial charge in [0.25, 0.3) is 5.91 Å². The molecule has 0 fully saturated rings. The van der Waals surface area contributed by atoms with E-state index in [1.54, 1.807) is 0 Å². The lowest BCUT2D eigenvalue weighted by atomic mass is 10.4. The van der Waals surface area contributed by atoms with Crippen molar-refractivity contribution in [2.45, 2.75) is 20.0 Å². The molecule has 1 aromatic rings. The van der Waals surface area contributed by atoms with Crippen LogP contribution in [0.5, 0.6) is 0 Å². The van der Waals surface area contributed by atoms with Crippen LogP contribution in [0.15, 0.2) is 15.9 Å². The van der Waals surface area contributed by atoms with E-state index in [1.807, 2.05) is 25.3 Å². The SMILES string of the molecule is CC(C)OCCNC(=O)c1sccc1Br. The average molecular weight is 292 g/mol. The van der Waals surface area contributed by atoms with E-state index < -0.39 is 0 Å². The standard InChI is InChI=1S/C10H14BrNO2S/c1-7(2)14-5-4-12-10(13)9-8(11)3-6-15-9/h3,6-7H,4-5H2,1-2H3,(H,12,13). The Morgan fingerprint density at radius 2 is 2.40 bits per heavy atom. The molecule has 0 aliphatic heterocycles. The Morgan fingerprint density at radius 3 is 2.93 bits per heavy atom. The van der Waals surface area contributed by atoms with Crippen molar-refractivity contribution in [3.8, 4) is 0 Å². The number of ether oxygens (including phenoxy) is 1. The molecular formula is C10H14BrNO2S. The molecule has 15 heavy (non-hydrogen) atoms. The van der Waals surface area contributed by atoms with Gasteiger partial charge in [-0.1, -0.05) is 0 Å². The summed E-state index contributed by atoms with van der Waals surface area (Å²) in [5, 5.41) is 4.68. The summed E-state index contributed by atoms with van der Waals surface area (Å²) in [6.45, 7) is 5.03. The molecule has 1 rings (SSSR count). The Labute approximate surface area is 102 Å². The fourth-order valence-corrected chi connectivity index (χ4v) is 2.46. The van der Waals surface area contributed by atoms with Crippen molar-refractivity contribution in [1.29, 1.82) is 0 Å². The number of amides is 1. The van der Waals surface area contributed by atoms with Crippen LogP contribution in [0.3, 0.4) is 0 Å². The predicted molar refractivity (Wildman–Crippen MR) is 65.4 cm³/mol. The van der Waals surface area contributed by atoms with E-state index in [-0.39, 0.29) is 12.0 Å². The van der Waals surface area contributed by atoms with Gasteiger partial charge in [0.2, 0.25) is 0 Å². The third kappa shape index (κ3) is 4.32. The van der Waals surface area contributed by atoms with Gasteiger partial charge in [0.1, 0.15) is 4.88 Å². The molecule has 5 heteroatoms. The van der Waals surface area contributed by atoms with Crippen molar-refractivity contribution < 1.29 is 9.53 Å². The van der Waals surface area contributed by atoms with Gasteiger partial charge in [0.05, 0.1) is 12.7 Å². The van der Waals surface area contributed by atoms with E-state index in [0.717, 1.165) is 4.47 Å². The van der Waals surface area contributed by atoms with Crippen LogP contribution >= 0.6 is 27.3 Å². The molecule has 3 nitrogen and oxygen atoms in total. The van der Waals surface area contributed by atoms with Crippen molar-refractivity contribution in [1.82, 2.24) is 5.32 Å². The summed E-state index contributed by atoms with van der Waals surface area (Å²) in [6, 6.07) is 1.87. The zero-order valence-corrected chi connectivity index (χ0v) is 11.2. The summed E-state index contributed by atoms with van der Waals surface area (Å²) >= 11 is 4.74. The minimum atomic E-state index is -0.0516. The molecule has 0 radical (unpaired) electrons. The number of thiophene rings is 1. The average Bonchev–Trinajstić information content (AvgIpc) is 2.58. The van der Waals surface area contributed by atoms with Crippen molar-refractivity contribution >= 4 is 33.2 Å². The summed E-state index contributed by atoms with van der Waals surface area (Å²) in [6.07, 6.45) is 0.204. The van der Waals surface area contributed by atoms with E-state index in [1.165, 1.54) is 11.3 Å². The van der Waals surface area contributed by atoms with E-state index in [0.29, 0.717) is 18.0 Å². The molecule has 0 saturated heterocycles. The molecule has 0 spiro atoms. The van der Waals surface area contributed by atoms with Crippen molar-refractivity contribution in [2.75, 3.05) is 13.2 Å². The molecule has 1 heterocycles. The van der Waals surface area contributed by atoms with Gasteiger partial charge < -0.3 is 10.1 Å². The molecule has 0 bridgehead atoms. The number of rotatable bonds is 5. The molecule has 1 N–H and O–H groups in total. The summed E-state index contributed by atoms with van der Waals surface area (Å²) in [7, 11) is 0. The first-order valence-corrected chi connectivity index (χ1v) is 6.41. The number of carbonyl (C=O) groups excluding carboxylic acids is 1. The smallest absolute Gasteiger partial charge is 0.262 e. The van der Waals surface area contributed by atoms with E-state index in [9.17, 15) is 4.79 Å². The molecular weight excluding hydrogens is 278 g/mol. The summed E-state index contributed by atoms with van der Waals surface area (Å²) in [4.78, 5) is 12.3. The van der Waals surface area contributed by atoms with Gasteiger partial charge in [-0.15, -0.1) is 11.3 Å². The normalized spacial score (nSPS) is 10.7. The summed E-state index contributed by atoms with van der Waals surface area (Å²) in [5.74, 6) is -0.0516. The van der Waals surface area contributed by atoms with E-state index in [2.05, 4.69) is 21.2 Å². The lowest BCUT2D eigenvalue weighted by Crippen LogP contribution is -2.27. The second-order valence-corrected chi connectivity index (χ2v) is 5.04. The van der Waals surface area contributed by atoms with Gasteiger partial charge in [-0.25, -0.2) is 0 Å². The predicted octanol–water partition coefficient (Wildman–Crippen LogP) is 2.67. The second kappa shape index (κ2) is 6.25. The van der Waals surface area contributed by atoms with Crippen LogP contribution in [-0.4, -0.2) is 25.2 Å². The number of carbonyl (C=O) groups is 1. The van der Waals surface area contributed by atoms with Gasteiger partial charge in [0, 0.05) is 11.0 Å². The first-order chi connectivity index (χ1) is 7.11. The van der Waals surface area contributed by atoms with Crippen LogP contribution in [0.2, 0.25) is 0 Å². The van der Waals surface area contributed by atoms with Crippen molar-refractivity contribution in [2.24, 2.45) is 0 Å². The Hall–Kier alpha value is -0.390. The monoisotopic (exact) mass is 291 g/mol. The molecule has 1 aromatic heterocycles. The number of hydrogen-bond acceptors (Lipinski definition) is 3. The molecule has 0 aliphatic carbocycles. The highest BCUT2D eigenvalue weighted by Crippen LogP contribution is 2.21. The maximum Gasteiger partial charge on any atom is 0.262 e. The topological polar surface area (TPSA) is 38.3 Å². The molecule has 0 saturated carbocycles. The van der Waals surface area contributed by atoms with Gasteiger partial charge in [-0.3, -0.25) is 4.79 Å². The zero-order valence-electron chi connectivity index (χ0n) is 8.75. The van der Waals surface area contributed by atoms with Crippen LogP contribution in [0.4, 0.5) is 0 Å². The van der Waals surface area contributed by atoms with Crippen LogP contribution < -0.4 is 5.32 Å². The molecule has 84 valence electrons. The van der Waals surface area contributed by atoms with Crippen LogP contribution in [0, 0.1) is 0 Å². The maximum atomic E-state index is 11.6. The third-order valence-corrected chi connectivity index (χ3v) is 3.50. The Kier molecular flexibility index (Phi) is 5.28. The van der Waals surface area contributed by atoms with Gasteiger partial charge in [0.15, 0.2) is 0 Å². The summed E-state index contributed by atoms with van der Waals surface area (Å²) < 4.78 is 6.16. The number of halogens is 1. The maximum absolute atomic E-state index is 11.6. The fraction of sp³-hybridized carbons (Fsp3) is 0.500. The highest BCUT2D eigenvalue weighted by atomic mass is 79.9. The van der Waals surface area contributed by atoms with Crippen LogP contribution in [0.25, 0.3) is 0 Å². The lowest BCUT2D eigenvalue weighted by molar-refractivity contribution is 0.0748. The molecule has 0 aliphatic rings.